The van der Waals surface area contributed by atoms with Crippen LogP contribution in [0.1, 0.15) is 37.7 Å². The lowest BCUT2D eigenvalue weighted by Crippen LogP contribution is -2.14. The van der Waals surface area contributed by atoms with Crippen molar-refractivity contribution in [2.75, 3.05) is 6.61 Å². The van der Waals surface area contributed by atoms with E-state index in [1.54, 1.807) is 0 Å². The highest BCUT2D eigenvalue weighted by molar-refractivity contribution is 5.37. The standard InChI is InChI=1S/C13H19NO/c1-2-15-13-6-4-3-5-12(13)10-7-8-11(14)9-10/h3-6,10-11H,2,7-9,14H2,1H3. The molecule has 0 aromatic heterocycles. The fraction of sp³-hybridized carbons (Fsp3) is 0.538. The van der Waals surface area contributed by atoms with Gasteiger partial charge in [-0.15, -0.1) is 0 Å². The third-order valence-corrected chi connectivity index (χ3v) is 3.13. The molecule has 2 heteroatoms. The van der Waals surface area contributed by atoms with Gasteiger partial charge in [0.05, 0.1) is 6.61 Å². The van der Waals surface area contributed by atoms with Crippen molar-refractivity contribution in [3.63, 3.8) is 0 Å². The van der Waals surface area contributed by atoms with Crippen LogP contribution in [0.5, 0.6) is 5.75 Å². The Labute approximate surface area is 91.4 Å². The Morgan fingerprint density at radius 1 is 1.33 bits per heavy atom. The predicted molar refractivity (Wildman–Crippen MR) is 62.2 cm³/mol. The summed E-state index contributed by atoms with van der Waals surface area (Å²) in [6, 6.07) is 8.73. The number of nitrogens with two attached hydrogens (primary N) is 1. The minimum atomic E-state index is 0.379. The van der Waals surface area contributed by atoms with Crippen LogP contribution in [0.3, 0.4) is 0 Å². The first kappa shape index (κ1) is 10.5. The predicted octanol–water partition coefficient (Wildman–Crippen LogP) is 2.68. The molecule has 1 aromatic carbocycles. The Bertz CT molecular complexity index is 324. The first-order valence-electron chi connectivity index (χ1n) is 5.78. The fourth-order valence-corrected chi connectivity index (χ4v) is 2.40. The monoisotopic (exact) mass is 205 g/mol. The second kappa shape index (κ2) is 4.67. The SMILES string of the molecule is CCOc1ccccc1C1CCC(N)C1. The number of hydrogen-bond acceptors (Lipinski definition) is 2. The summed E-state index contributed by atoms with van der Waals surface area (Å²) in [5, 5.41) is 0. The molecular weight excluding hydrogens is 186 g/mol. The first-order chi connectivity index (χ1) is 7.31. The highest BCUT2D eigenvalue weighted by Crippen LogP contribution is 2.38. The van der Waals surface area contributed by atoms with Crippen LogP contribution in [0.4, 0.5) is 0 Å². The van der Waals surface area contributed by atoms with E-state index in [-0.39, 0.29) is 0 Å². The van der Waals surface area contributed by atoms with Gasteiger partial charge in [-0.3, -0.25) is 0 Å². The summed E-state index contributed by atoms with van der Waals surface area (Å²) in [6.45, 7) is 2.76. The van der Waals surface area contributed by atoms with Gasteiger partial charge in [0, 0.05) is 6.04 Å². The van der Waals surface area contributed by atoms with E-state index in [1.807, 2.05) is 13.0 Å². The minimum Gasteiger partial charge on any atom is -0.494 e. The van der Waals surface area contributed by atoms with Crippen LogP contribution < -0.4 is 10.5 Å². The molecule has 0 amide bonds. The van der Waals surface area contributed by atoms with E-state index in [2.05, 4.69) is 18.2 Å². The van der Waals surface area contributed by atoms with E-state index in [1.165, 1.54) is 12.0 Å². The molecule has 2 nitrogen and oxygen atoms in total. The molecule has 1 fully saturated rings. The zero-order valence-corrected chi connectivity index (χ0v) is 9.28. The van der Waals surface area contributed by atoms with E-state index in [0.717, 1.165) is 25.2 Å². The molecule has 1 aromatic rings. The van der Waals surface area contributed by atoms with Crippen molar-refractivity contribution in [3.05, 3.63) is 29.8 Å². The van der Waals surface area contributed by atoms with Gasteiger partial charge in [0.15, 0.2) is 0 Å². The van der Waals surface area contributed by atoms with Crippen LogP contribution in [-0.4, -0.2) is 12.6 Å². The molecule has 0 radical (unpaired) electrons. The summed E-state index contributed by atoms with van der Waals surface area (Å²) in [6.07, 6.45) is 3.44. The molecule has 0 spiro atoms. The molecule has 0 heterocycles. The van der Waals surface area contributed by atoms with E-state index >= 15 is 0 Å². The zero-order chi connectivity index (χ0) is 10.7. The number of para-hydroxylation sites is 1. The van der Waals surface area contributed by atoms with Gasteiger partial charge in [-0.2, -0.15) is 0 Å². The Hall–Kier alpha value is -1.02. The average Bonchev–Trinajstić information content (AvgIpc) is 2.66. The van der Waals surface area contributed by atoms with Crippen molar-refractivity contribution >= 4 is 0 Å². The fourth-order valence-electron chi connectivity index (χ4n) is 2.40. The van der Waals surface area contributed by atoms with E-state index in [0.29, 0.717) is 12.0 Å². The van der Waals surface area contributed by atoms with Gasteiger partial charge in [-0.25, -0.2) is 0 Å². The summed E-state index contributed by atoms with van der Waals surface area (Å²) in [5.74, 6) is 1.64. The summed E-state index contributed by atoms with van der Waals surface area (Å²) >= 11 is 0. The molecule has 2 N–H and O–H groups in total. The van der Waals surface area contributed by atoms with Crippen LogP contribution in [0.15, 0.2) is 24.3 Å². The zero-order valence-electron chi connectivity index (χ0n) is 9.28. The van der Waals surface area contributed by atoms with Crippen LogP contribution in [0.2, 0.25) is 0 Å². The summed E-state index contributed by atoms with van der Waals surface area (Å²) in [7, 11) is 0. The molecule has 82 valence electrons. The van der Waals surface area contributed by atoms with Crippen LogP contribution in [0, 0.1) is 0 Å². The Morgan fingerprint density at radius 2 is 2.13 bits per heavy atom. The van der Waals surface area contributed by atoms with Gasteiger partial charge in [-0.1, -0.05) is 18.2 Å². The molecule has 1 saturated carbocycles. The molecule has 0 aliphatic heterocycles. The lowest BCUT2D eigenvalue weighted by Gasteiger charge is -2.15. The van der Waals surface area contributed by atoms with Crippen LogP contribution >= 0.6 is 0 Å². The second-order valence-corrected chi connectivity index (χ2v) is 4.24. The minimum absolute atomic E-state index is 0.379. The van der Waals surface area contributed by atoms with E-state index in [4.69, 9.17) is 10.5 Å². The molecule has 2 unspecified atom stereocenters. The molecule has 2 atom stereocenters. The second-order valence-electron chi connectivity index (χ2n) is 4.24. The van der Waals surface area contributed by atoms with E-state index in [9.17, 15) is 0 Å². The third-order valence-electron chi connectivity index (χ3n) is 3.13. The van der Waals surface area contributed by atoms with Gasteiger partial charge in [0.25, 0.3) is 0 Å². The maximum Gasteiger partial charge on any atom is 0.122 e. The smallest absolute Gasteiger partial charge is 0.122 e. The summed E-state index contributed by atoms with van der Waals surface area (Å²) in [4.78, 5) is 0. The van der Waals surface area contributed by atoms with Crippen LogP contribution in [0.25, 0.3) is 0 Å². The first-order valence-corrected chi connectivity index (χ1v) is 5.78. The quantitative estimate of drug-likeness (QED) is 0.823. The Kier molecular flexibility index (Phi) is 3.27. The highest BCUT2D eigenvalue weighted by atomic mass is 16.5. The number of hydrogen-bond donors (Lipinski definition) is 1. The average molecular weight is 205 g/mol. The van der Waals surface area contributed by atoms with Crippen LogP contribution in [-0.2, 0) is 0 Å². The molecular formula is C13H19NO. The molecule has 1 aliphatic carbocycles. The third kappa shape index (κ3) is 2.32. The molecule has 15 heavy (non-hydrogen) atoms. The van der Waals surface area contributed by atoms with Gasteiger partial charge >= 0.3 is 0 Å². The van der Waals surface area contributed by atoms with Crippen molar-refractivity contribution in [1.29, 1.82) is 0 Å². The van der Waals surface area contributed by atoms with Crippen molar-refractivity contribution in [1.82, 2.24) is 0 Å². The number of rotatable bonds is 3. The van der Waals surface area contributed by atoms with Crippen molar-refractivity contribution in [3.8, 4) is 5.75 Å². The Morgan fingerprint density at radius 3 is 2.80 bits per heavy atom. The van der Waals surface area contributed by atoms with Crippen molar-refractivity contribution in [2.45, 2.75) is 38.1 Å². The normalized spacial score (nSPS) is 25.5. The number of benzene rings is 1. The maximum atomic E-state index is 5.95. The number of ether oxygens (including phenoxy) is 1. The van der Waals surface area contributed by atoms with E-state index < -0.39 is 0 Å². The summed E-state index contributed by atoms with van der Waals surface area (Å²) in [5.41, 5.74) is 7.29. The van der Waals surface area contributed by atoms with Crippen molar-refractivity contribution < 1.29 is 4.74 Å². The van der Waals surface area contributed by atoms with Gasteiger partial charge in [-0.05, 0) is 43.7 Å². The molecule has 1 aliphatic rings. The summed E-state index contributed by atoms with van der Waals surface area (Å²) < 4.78 is 5.64. The molecule has 0 bridgehead atoms. The lowest BCUT2D eigenvalue weighted by atomic mass is 9.96. The lowest BCUT2D eigenvalue weighted by molar-refractivity contribution is 0.334. The maximum absolute atomic E-state index is 5.95. The van der Waals surface area contributed by atoms with Crippen molar-refractivity contribution in [2.24, 2.45) is 5.73 Å². The molecule has 2 rings (SSSR count). The largest absolute Gasteiger partial charge is 0.494 e. The van der Waals surface area contributed by atoms with Gasteiger partial charge in [0.1, 0.15) is 5.75 Å². The Balaban J connectivity index is 2.19. The van der Waals surface area contributed by atoms with Gasteiger partial charge in [0.2, 0.25) is 0 Å². The molecule has 0 saturated heterocycles. The topological polar surface area (TPSA) is 35.2 Å². The highest BCUT2D eigenvalue weighted by Gasteiger charge is 2.25. The van der Waals surface area contributed by atoms with Gasteiger partial charge < -0.3 is 10.5 Å².